The number of nitrogens with zero attached hydrogens (tertiary/aromatic N) is 1. The SMILES string of the molecule is CCOCCOCc1cccc(CNC(=O)c2ccc(OC)c(S(=O)(=O)N(C)C)c2)c1. The molecule has 0 aromatic heterocycles. The van der Waals surface area contributed by atoms with Crippen LogP contribution in [0, 0.1) is 0 Å². The summed E-state index contributed by atoms with van der Waals surface area (Å²) in [4.78, 5) is 12.6. The lowest BCUT2D eigenvalue weighted by Crippen LogP contribution is -2.25. The monoisotopic (exact) mass is 450 g/mol. The van der Waals surface area contributed by atoms with Crippen molar-refractivity contribution in [2.24, 2.45) is 0 Å². The molecule has 2 rings (SSSR count). The maximum absolute atomic E-state index is 12.6. The zero-order chi connectivity index (χ0) is 22.9. The van der Waals surface area contributed by atoms with E-state index < -0.39 is 10.0 Å². The third kappa shape index (κ3) is 7.03. The Morgan fingerprint density at radius 2 is 1.74 bits per heavy atom. The number of ether oxygens (including phenoxy) is 3. The summed E-state index contributed by atoms with van der Waals surface area (Å²) >= 11 is 0. The molecule has 170 valence electrons. The largest absolute Gasteiger partial charge is 0.495 e. The van der Waals surface area contributed by atoms with Crippen molar-refractivity contribution < 1.29 is 27.4 Å². The molecule has 8 nitrogen and oxygen atoms in total. The number of carbonyl (C=O) groups is 1. The molecule has 0 spiro atoms. The molecule has 1 amide bonds. The van der Waals surface area contributed by atoms with Crippen molar-refractivity contribution in [1.29, 1.82) is 0 Å². The number of benzene rings is 2. The molecule has 0 radical (unpaired) electrons. The number of sulfonamides is 1. The molecule has 0 atom stereocenters. The Balaban J connectivity index is 2.04. The van der Waals surface area contributed by atoms with Crippen LogP contribution < -0.4 is 10.1 Å². The van der Waals surface area contributed by atoms with Crippen molar-refractivity contribution in [3.63, 3.8) is 0 Å². The van der Waals surface area contributed by atoms with Gasteiger partial charge in [0.2, 0.25) is 10.0 Å². The van der Waals surface area contributed by atoms with Gasteiger partial charge in [-0.05, 0) is 36.2 Å². The van der Waals surface area contributed by atoms with Gasteiger partial charge in [0.1, 0.15) is 10.6 Å². The summed E-state index contributed by atoms with van der Waals surface area (Å²) in [6, 6.07) is 12.0. The molecule has 31 heavy (non-hydrogen) atoms. The van der Waals surface area contributed by atoms with Crippen molar-refractivity contribution in [2.45, 2.75) is 25.0 Å². The zero-order valence-electron chi connectivity index (χ0n) is 18.4. The maximum atomic E-state index is 12.6. The maximum Gasteiger partial charge on any atom is 0.251 e. The van der Waals surface area contributed by atoms with Gasteiger partial charge in [0.15, 0.2) is 0 Å². The lowest BCUT2D eigenvalue weighted by molar-refractivity contribution is 0.0453. The highest BCUT2D eigenvalue weighted by atomic mass is 32.2. The van der Waals surface area contributed by atoms with Crippen LogP contribution in [0.3, 0.4) is 0 Å². The van der Waals surface area contributed by atoms with Crippen molar-refractivity contribution in [3.8, 4) is 5.75 Å². The Labute approximate surface area is 184 Å². The summed E-state index contributed by atoms with van der Waals surface area (Å²) in [5.41, 5.74) is 2.14. The highest BCUT2D eigenvalue weighted by Gasteiger charge is 2.23. The highest BCUT2D eigenvalue weighted by Crippen LogP contribution is 2.26. The first-order chi connectivity index (χ1) is 14.8. The quantitative estimate of drug-likeness (QED) is 0.499. The average Bonchev–Trinajstić information content (AvgIpc) is 2.77. The van der Waals surface area contributed by atoms with Gasteiger partial charge in [0.25, 0.3) is 5.91 Å². The summed E-state index contributed by atoms with van der Waals surface area (Å²) in [7, 11) is 0.480. The van der Waals surface area contributed by atoms with E-state index in [2.05, 4.69) is 5.32 Å². The summed E-state index contributed by atoms with van der Waals surface area (Å²) in [6.45, 7) is 4.43. The molecule has 0 unspecified atom stereocenters. The Morgan fingerprint density at radius 3 is 2.42 bits per heavy atom. The van der Waals surface area contributed by atoms with Gasteiger partial charge in [-0.3, -0.25) is 4.79 Å². The third-order valence-electron chi connectivity index (χ3n) is 4.47. The summed E-state index contributed by atoms with van der Waals surface area (Å²) in [5.74, 6) is -0.196. The Bertz CT molecular complexity index is 976. The lowest BCUT2D eigenvalue weighted by atomic mass is 10.1. The molecule has 0 bridgehead atoms. The highest BCUT2D eigenvalue weighted by molar-refractivity contribution is 7.89. The van der Waals surface area contributed by atoms with Gasteiger partial charge in [-0.15, -0.1) is 0 Å². The second kappa shape index (κ2) is 11.8. The first-order valence-electron chi connectivity index (χ1n) is 9.91. The van der Waals surface area contributed by atoms with E-state index in [1.54, 1.807) is 0 Å². The second-order valence-electron chi connectivity index (χ2n) is 6.91. The fourth-order valence-corrected chi connectivity index (χ4v) is 3.86. The van der Waals surface area contributed by atoms with Gasteiger partial charge in [-0.2, -0.15) is 0 Å². The molecule has 0 aliphatic heterocycles. The average molecular weight is 451 g/mol. The second-order valence-corrected chi connectivity index (χ2v) is 9.03. The Kier molecular flexibility index (Phi) is 9.44. The van der Waals surface area contributed by atoms with Gasteiger partial charge in [0.05, 0.1) is 26.9 Å². The minimum atomic E-state index is -3.76. The minimum absolute atomic E-state index is 0.0566. The Hall–Kier alpha value is -2.46. The molecule has 2 aromatic carbocycles. The van der Waals surface area contributed by atoms with Crippen LogP contribution in [0.2, 0.25) is 0 Å². The molecule has 0 saturated carbocycles. The van der Waals surface area contributed by atoms with E-state index in [4.69, 9.17) is 14.2 Å². The van der Waals surface area contributed by atoms with Crippen LogP contribution >= 0.6 is 0 Å². The van der Waals surface area contributed by atoms with Crippen LogP contribution in [0.4, 0.5) is 0 Å². The molecular weight excluding hydrogens is 420 g/mol. The standard InChI is InChI=1S/C22H30N2O6S/c1-5-29-11-12-30-16-18-8-6-7-17(13-18)15-23-22(25)19-9-10-20(28-4)21(14-19)31(26,27)24(2)3/h6-10,13-14H,5,11-12,15-16H2,1-4H3,(H,23,25). The van der Waals surface area contributed by atoms with E-state index in [1.807, 2.05) is 31.2 Å². The fourth-order valence-electron chi connectivity index (χ4n) is 2.78. The van der Waals surface area contributed by atoms with Crippen molar-refractivity contribution >= 4 is 15.9 Å². The van der Waals surface area contributed by atoms with Crippen LogP contribution in [-0.4, -0.2) is 59.7 Å². The van der Waals surface area contributed by atoms with E-state index in [-0.39, 0.29) is 22.1 Å². The molecule has 0 saturated heterocycles. The number of carbonyl (C=O) groups excluding carboxylic acids is 1. The van der Waals surface area contributed by atoms with Crippen LogP contribution in [0.1, 0.15) is 28.4 Å². The fraction of sp³-hybridized carbons (Fsp3) is 0.409. The van der Waals surface area contributed by atoms with Gasteiger partial charge in [-0.1, -0.05) is 24.3 Å². The molecule has 2 aromatic rings. The van der Waals surface area contributed by atoms with Crippen LogP contribution in [0.25, 0.3) is 0 Å². The zero-order valence-corrected chi connectivity index (χ0v) is 19.2. The summed E-state index contributed by atoms with van der Waals surface area (Å²) in [6.07, 6.45) is 0. The first kappa shape index (κ1) is 24.8. The van der Waals surface area contributed by atoms with Gasteiger partial charge in [-0.25, -0.2) is 12.7 Å². The smallest absolute Gasteiger partial charge is 0.251 e. The number of rotatable bonds is 12. The van der Waals surface area contributed by atoms with Crippen LogP contribution in [0.5, 0.6) is 5.75 Å². The summed E-state index contributed by atoms with van der Waals surface area (Å²) < 4.78 is 42.1. The topological polar surface area (TPSA) is 94.2 Å². The van der Waals surface area contributed by atoms with E-state index in [9.17, 15) is 13.2 Å². The molecule has 0 heterocycles. The number of methoxy groups -OCH3 is 1. The molecule has 9 heteroatoms. The van der Waals surface area contributed by atoms with E-state index in [0.29, 0.717) is 33.0 Å². The number of hydrogen-bond acceptors (Lipinski definition) is 6. The molecule has 0 aliphatic rings. The van der Waals surface area contributed by atoms with Crippen molar-refractivity contribution in [2.75, 3.05) is 41.0 Å². The van der Waals surface area contributed by atoms with E-state index in [0.717, 1.165) is 15.4 Å². The number of amides is 1. The van der Waals surface area contributed by atoms with E-state index >= 15 is 0 Å². The van der Waals surface area contributed by atoms with Gasteiger partial charge >= 0.3 is 0 Å². The molecule has 0 aliphatic carbocycles. The van der Waals surface area contributed by atoms with Crippen molar-refractivity contribution in [3.05, 3.63) is 59.2 Å². The van der Waals surface area contributed by atoms with Crippen LogP contribution in [0.15, 0.2) is 47.4 Å². The third-order valence-corrected chi connectivity index (χ3v) is 6.31. The predicted octanol–water partition coefficient (Wildman–Crippen LogP) is 2.43. The minimum Gasteiger partial charge on any atom is -0.495 e. The normalized spacial score (nSPS) is 11.5. The first-order valence-corrected chi connectivity index (χ1v) is 11.4. The van der Waals surface area contributed by atoms with Gasteiger partial charge in [0, 0.05) is 32.8 Å². The molecule has 0 fully saturated rings. The summed E-state index contributed by atoms with van der Waals surface area (Å²) in [5, 5.41) is 2.82. The lowest BCUT2D eigenvalue weighted by Gasteiger charge is -2.15. The number of hydrogen-bond donors (Lipinski definition) is 1. The van der Waals surface area contributed by atoms with Crippen molar-refractivity contribution in [1.82, 2.24) is 9.62 Å². The Morgan fingerprint density at radius 1 is 1.03 bits per heavy atom. The molecule has 1 N–H and O–H groups in total. The van der Waals surface area contributed by atoms with Crippen LogP contribution in [-0.2, 0) is 32.6 Å². The molecular formula is C22H30N2O6S. The van der Waals surface area contributed by atoms with E-state index in [1.165, 1.54) is 39.4 Å². The van der Waals surface area contributed by atoms with Gasteiger partial charge < -0.3 is 19.5 Å². The predicted molar refractivity (Wildman–Crippen MR) is 118 cm³/mol. The number of nitrogens with one attached hydrogen (secondary N) is 1.